The van der Waals surface area contributed by atoms with E-state index in [9.17, 15) is 0 Å². The van der Waals surface area contributed by atoms with Gasteiger partial charge in [0, 0.05) is 6.54 Å². The van der Waals surface area contributed by atoms with Crippen LogP contribution in [0.25, 0.3) is 5.57 Å². The maximum atomic E-state index is 5.84. The predicted molar refractivity (Wildman–Crippen MR) is 81.0 cm³/mol. The topological polar surface area (TPSA) is 21.7 Å². The molecule has 3 rings (SSSR count). The summed E-state index contributed by atoms with van der Waals surface area (Å²) in [6.45, 7) is 1.67. The Bertz CT molecular complexity index is 478. The van der Waals surface area contributed by atoms with Crippen molar-refractivity contribution in [2.24, 2.45) is 0 Å². The summed E-state index contributed by atoms with van der Waals surface area (Å²) in [5.41, 5.74) is 2.74. The third-order valence-corrected chi connectivity index (χ3v) is 4.01. The van der Waals surface area contributed by atoms with Crippen molar-refractivity contribution >= 4 is 5.57 Å². The second kappa shape index (κ2) is 5.98. The average molecular weight is 273 g/mol. The van der Waals surface area contributed by atoms with Crippen LogP contribution in [-0.4, -0.2) is 44.4 Å². The zero-order chi connectivity index (χ0) is 13.9. The van der Waals surface area contributed by atoms with Crippen LogP contribution in [-0.2, 0) is 4.74 Å². The Kier molecular flexibility index (Phi) is 4.08. The molecule has 1 aromatic rings. The van der Waals surface area contributed by atoms with Crippen molar-refractivity contribution in [3.05, 3.63) is 35.9 Å². The second-order valence-electron chi connectivity index (χ2n) is 5.95. The van der Waals surface area contributed by atoms with Gasteiger partial charge in [0.05, 0.1) is 12.2 Å². The van der Waals surface area contributed by atoms with Crippen LogP contribution in [0.15, 0.2) is 30.3 Å². The van der Waals surface area contributed by atoms with Gasteiger partial charge in [-0.3, -0.25) is 0 Å². The number of hydrogen-bond acceptors (Lipinski definition) is 3. The number of fused-ring (bicyclic) bond motifs is 2. The number of ether oxygens (including phenoxy) is 2. The summed E-state index contributed by atoms with van der Waals surface area (Å²) in [7, 11) is 4.11. The molecular weight excluding hydrogens is 250 g/mol. The third kappa shape index (κ3) is 3.22. The molecule has 0 amide bonds. The van der Waals surface area contributed by atoms with Gasteiger partial charge < -0.3 is 14.4 Å². The van der Waals surface area contributed by atoms with Crippen molar-refractivity contribution in [3.63, 3.8) is 0 Å². The fourth-order valence-corrected chi connectivity index (χ4v) is 2.87. The number of nitrogens with zero attached hydrogens (tertiary/aromatic N) is 1. The fraction of sp³-hybridized carbons (Fsp3) is 0.529. The Labute approximate surface area is 121 Å². The number of benzene rings is 1. The maximum Gasteiger partial charge on any atom is 0.119 e. The third-order valence-electron chi connectivity index (χ3n) is 4.01. The van der Waals surface area contributed by atoms with Crippen molar-refractivity contribution in [2.45, 2.75) is 31.5 Å². The average Bonchev–Trinajstić information content (AvgIpc) is 2.78. The van der Waals surface area contributed by atoms with E-state index in [4.69, 9.17) is 9.47 Å². The van der Waals surface area contributed by atoms with Crippen LogP contribution in [0.4, 0.5) is 0 Å². The summed E-state index contributed by atoms with van der Waals surface area (Å²) in [5.74, 6) is 0.950. The molecule has 3 heteroatoms. The molecule has 0 radical (unpaired) electrons. The lowest BCUT2D eigenvalue weighted by Gasteiger charge is -2.21. The van der Waals surface area contributed by atoms with E-state index < -0.39 is 0 Å². The van der Waals surface area contributed by atoms with Crippen LogP contribution in [0, 0.1) is 0 Å². The van der Waals surface area contributed by atoms with Crippen molar-refractivity contribution < 1.29 is 9.47 Å². The molecular formula is C17H23NO2. The summed E-state index contributed by atoms with van der Waals surface area (Å²) in [5, 5.41) is 0. The first kappa shape index (κ1) is 13.7. The van der Waals surface area contributed by atoms with E-state index in [1.54, 1.807) is 0 Å². The van der Waals surface area contributed by atoms with Crippen LogP contribution in [0.1, 0.15) is 24.8 Å². The van der Waals surface area contributed by atoms with E-state index in [1.807, 2.05) is 0 Å². The molecule has 20 heavy (non-hydrogen) atoms. The maximum absolute atomic E-state index is 5.84. The highest BCUT2D eigenvalue weighted by Gasteiger charge is 2.29. The Balaban J connectivity index is 1.61. The van der Waals surface area contributed by atoms with Gasteiger partial charge in [-0.25, -0.2) is 0 Å². The van der Waals surface area contributed by atoms with Gasteiger partial charge in [0.25, 0.3) is 0 Å². The smallest absolute Gasteiger partial charge is 0.119 e. The van der Waals surface area contributed by atoms with Crippen LogP contribution in [0.5, 0.6) is 5.75 Å². The number of likely N-dealkylation sites (N-methyl/N-ethyl adjacent to an activating group) is 1. The molecule has 2 aliphatic heterocycles. The van der Waals surface area contributed by atoms with Gasteiger partial charge in [0.1, 0.15) is 12.4 Å². The van der Waals surface area contributed by atoms with Crippen LogP contribution < -0.4 is 4.74 Å². The van der Waals surface area contributed by atoms with Crippen molar-refractivity contribution in [2.75, 3.05) is 27.2 Å². The summed E-state index contributed by atoms with van der Waals surface area (Å²) in [4.78, 5) is 2.12. The molecule has 0 N–H and O–H groups in total. The highest BCUT2D eigenvalue weighted by molar-refractivity contribution is 5.68. The zero-order valence-electron chi connectivity index (χ0n) is 12.3. The van der Waals surface area contributed by atoms with E-state index in [0.717, 1.165) is 25.3 Å². The Morgan fingerprint density at radius 2 is 2.00 bits per heavy atom. The largest absolute Gasteiger partial charge is 0.492 e. The van der Waals surface area contributed by atoms with E-state index in [2.05, 4.69) is 49.3 Å². The molecule has 2 unspecified atom stereocenters. The molecule has 3 nitrogen and oxygen atoms in total. The first-order valence-corrected chi connectivity index (χ1v) is 7.45. The van der Waals surface area contributed by atoms with Gasteiger partial charge in [0.2, 0.25) is 0 Å². The van der Waals surface area contributed by atoms with Crippen molar-refractivity contribution in [1.82, 2.24) is 4.90 Å². The van der Waals surface area contributed by atoms with E-state index in [-0.39, 0.29) is 0 Å². The molecule has 2 heterocycles. The molecule has 2 atom stereocenters. The van der Waals surface area contributed by atoms with Gasteiger partial charge in [-0.1, -0.05) is 18.2 Å². The second-order valence-corrected chi connectivity index (χ2v) is 5.95. The minimum atomic E-state index is 0.347. The van der Waals surface area contributed by atoms with E-state index >= 15 is 0 Å². The molecule has 0 saturated carbocycles. The Morgan fingerprint density at radius 1 is 1.20 bits per heavy atom. The Morgan fingerprint density at radius 3 is 2.70 bits per heavy atom. The normalized spacial score (nSPS) is 24.9. The van der Waals surface area contributed by atoms with Gasteiger partial charge in [-0.05, 0) is 56.6 Å². The van der Waals surface area contributed by atoms with E-state index in [0.29, 0.717) is 12.2 Å². The first-order chi connectivity index (χ1) is 9.70. The fourth-order valence-electron chi connectivity index (χ4n) is 2.87. The molecule has 1 fully saturated rings. The van der Waals surface area contributed by atoms with Gasteiger partial charge >= 0.3 is 0 Å². The summed E-state index contributed by atoms with van der Waals surface area (Å²) in [6, 6.07) is 8.48. The SMILES string of the molecule is CN(C)CCOc1ccc(C2=CC3CCC(C2)O3)cc1. The standard InChI is InChI=1S/C17H23NO2/c1-18(2)9-10-19-15-5-3-13(4-6-15)14-11-16-7-8-17(12-14)20-16/h3-6,11,16-17H,7-10,12H2,1-2H3. The lowest BCUT2D eigenvalue weighted by molar-refractivity contribution is 0.0671. The highest BCUT2D eigenvalue weighted by atomic mass is 16.5. The summed E-state index contributed by atoms with van der Waals surface area (Å²) in [6.07, 6.45) is 6.52. The van der Waals surface area contributed by atoms with E-state index in [1.165, 1.54) is 24.0 Å². The molecule has 0 aliphatic carbocycles. The van der Waals surface area contributed by atoms with Crippen LogP contribution in [0.2, 0.25) is 0 Å². The predicted octanol–water partition coefficient (Wildman–Crippen LogP) is 2.96. The van der Waals surface area contributed by atoms with Crippen LogP contribution in [0.3, 0.4) is 0 Å². The van der Waals surface area contributed by atoms with Crippen molar-refractivity contribution in [3.8, 4) is 5.75 Å². The van der Waals surface area contributed by atoms with Gasteiger partial charge in [-0.15, -0.1) is 0 Å². The molecule has 1 aromatic carbocycles. The van der Waals surface area contributed by atoms with Gasteiger partial charge in [-0.2, -0.15) is 0 Å². The molecule has 2 bridgehead atoms. The highest BCUT2D eigenvalue weighted by Crippen LogP contribution is 2.36. The summed E-state index contributed by atoms with van der Waals surface area (Å²) >= 11 is 0. The van der Waals surface area contributed by atoms with Gasteiger partial charge in [0.15, 0.2) is 0 Å². The molecule has 1 saturated heterocycles. The van der Waals surface area contributed by atoms with Crippen LogP contribution >= 0.6 is 0 Å². The zero-order valence-corrected chi connectivity index (χ0v) is 12.3. The Hall–Kier alpha value is -1.32. The quantitative estimate of drug-likeness (QED) is 0.823. The minimum absolute atomic E-state index is 0.347. The summed E-state index contributed by atoms with van der Waals surface area (Å²) < 4.78 is 11.6. The molecule has 108 valence electrons. The monoisotopic (exact) mass is 273 g/mol. The lowest BCUT2D eigenvalue weighted by atomic mass is 9.98. The first-order valence-electron chi connectivity index (χ1n) is 7.45. The van der Waals surface area contributed by atoms with Crippen molar-refractivity contribution in [1.29, 1.82) is 0 Å². The molecule has 2 aliphatic rings. The minimum Gasteiger partial charge on any atom is -0.492 e. The molecule has 0 spiro atoms. The lowest BCUT2D eigenvalue weighted by Crippen LogP contribution is -2.19. The number of hydrogen-bond donors (Lipinski definition) is 0. The number of rotatable bonds is 5. The molecule has 0 aromatic heterocycles.